The minimum absolute atomic E-state index is 0.238. The summed E-state index contributed by atoms with van der Waals surface area (Å²) in [4.78, 5) is 15.8. The molecule has 0 unspecified atom stereocenters. The molecule has 132 valence electrons. The Morgan fingerprint density at radius 2 is 1.77 bits per heavy atom. The van der Waals surface area contributed by atoms with Gasteiger partial charge in [0.05, 0.1) is 5.69 Å². The molecule has 0 saturated heterocycles. The molecule has 0 atom stereocenters. The number of carbonyl (C=O) groups excluding carboxylic acids is 1. The molecule has 0 aliphatic rings. The molecule has 0 bridgehead atoms. The molecular formula is C19H14F2N2O3. The van der Waals surface area contributed by atoms with E-state index in [1.165, 1.54) is 0 Å². The minimum atomic E-state index is -0.726. The lowest BCUT2D eigenvalue weighted by atomic mass is 10.3. The highest BCUT2D eigenvalue weighted by atomic mass is 19.1. The van der Waals surface area contributed by atoms with Gasteiger partial charge in [-0.15, -0.1) is 0 Å². The number of ether oxygens (including phenoxy) is 2. The smallest absolute Gasteiger partial charge is 0.262 e. The van der Waals surface area contributed by atoms with E-state index in [0.29, 0.717) is 17.4 Å². The van der Waals surface area contributed by atoms with E-state index in [1.54, 1.807) is 48.7 Å². The van der Waals surface area contributed by atoms with Gasteiger partial charge in [-0.05, 0) is 42.5 Å². The summed E-state index contributed by atoms with van der Waals surface area (Å²) in [5.41, 5.74) is -0.238. The molecule has 7 heteroatoms. The molecule has 26 heavy (non-hydrogen) atoms. The van der Waals surface area contributed by atoms with Crippen molar-refractivity contribution in [2.45, 2.75) is 0 Å². The normalized spacial score (nSPS) is 10.2. The first kappa shape index (κ1) is 17.3. The van der Waals surface area contributed by atoms with E-state index in [1.807, 2.05) is 0 Å². The predicted molar refractivity (Wildman–Crippen MR) is 91.2 cm³/mol. The fraction of sp³-hybridized carbons (Fsp3) is 0.0526. The van der Waals surface area contributed by atoms with Crippen molar-refractivity contribution >= 4 is 11.6 Å². The van der Waals surface area contributed by atoms with Crippen LogP contribution in [-0.2, 0) is 4.79 Å². The SMILES string of the molecule is O=C(COc1ccc(Oc2ccccn2)cc1)Nc1cc(F)ccc1F. The maximum absolute atomic E-state index is 13.5. The van der Waals surface area contributed by atoms with Crippen LogP contribution in [0.4, 0.5) is 14.5 Å². The van der Waals surface area contributed by atoms with Crippen LogP contribution in [-0.4, -0.2) is 17.5 Å². The van der Waals surface area contributed by atoms with Crippen molar-refractivity contribution in [3.63, 3.8) is 0 Å². The van der Waals surface area contributed by atoms with Gasteiger partial charge in [0, 0.05) is 18.3 Å². The van der Waals surface area contributed by atoms with Gasteiger partial charge in [-0.1, -0.05) is 6.07 Å². The molecule has 0 fully saturated rings. The fourth-order valence-electron chi connectivity index (χ4n) is 2.06. The number of carbonyl (C=O) groups is 1. The Bertz CT molecular complexity index is 887. The number of rotatable bonds is 6. The van der Waals surface area contributed by atoms with Crippen molar-refractivity contribution in [1.82, 2.24) is 4.98 Å². The summed E-state index contributed by atoms with van der Waals surface area (Å²) in [5, 5.41) is 2.25. The Labute approximate surface area is 148 Å². The van der Waals surface area contributed by atoms with Crippen LogP contribution in [0.2, 0.25) is 0 Å². The molecule has 1 heterocycles. The van der Waals surface area contributed by atoms with Crippen molar-refractivity contribution in [3.05, 3.63) is 78.5 Å². The number of benzene rings is 2. The molecule has 0 spiro atoms. The summed E-state index contributed by atoms with van der Waals surface area (Å²) in [6.07, 6.45) is 1.62. The van der Waals surface area contributed by atoms with Crippen molar-refractivity contribution in [2.24, 2.45) is 0 Å². The average molecular weight is 356 g/mol. The number of pyridine rings is 1. The number of nitrogens with one attached hydrogen (secondary N) is 1. The largest absolute Gasteiger partial charge is 0.484 e. The molecule has 3 rings (SSSR count). The van der Waals surface area contributed by atoms with Gasteiger partial charge < -0.3 is 14.8 Å². The number of hydrogen-bond donors (Lipinski definition) is 1. The second kappa shape index (κ2) is 8.06. The molecule has 1 N–H and O–H groups in total. The van der Waals surface area contributed by atoms with Crippen LogP contribution in [0.25, 0.3) is 0 Å². The zero-order chi connectivity index (χ0) is 18.4. The van der Waals surface area contributed by atoms with Crippen LogP contribution in [0.3, 0.4) is 0 Å². The summed E-state index contributed by atoms with van der Waals surface area (Å²) in [6.45, 7) is -0.351. The molecule has 1 aromatic heterocycles. The Balaban J connectivity index is 1.53. The van der Waals surface area contributed by atoms with E-state index in [4.69, 9.17) is 9.47 Å². The highest BCUT2D eigenvalue weighted by Crippen LogP contribution is 2.22. The van der Waals surface area contributed by atoms with Gasteiger partial charge in [-0.2, -0.15) is 0 Å². The van der Waals surface area contributed by atoms with E-state index in [9.17, 15) is 13.6 Å². The van der Waals surface area contributed by atoms with Gasteiger partial charge in [-0.25, -0.2) is 13.8 Å². The van der Waals surface area contributed by atoms with Crippen LogP contribution in [0.15, 0.2) is 66.9 Å². The molecule has 0 radical (unpaired) electrons. The van der Waals surface area contributed by atoms with E-state index in [0.717, 1.165) is 18.2 Å². The summed E-state index contributed by atoms with van der Waals surface area (Å²) >= 11 is 0. The Morgan fingerprint density at radius 1 is 1.00 bits per heavy atom. The number of hydrogen-bond acceptors (Lipinski definition) is 4. The van der Waals surface area contributed by atoms with Crippen molar-refractivity contribution < 1.29 is 23.0 Å². The van der Waals surface area contributed by atoms with E-state index < -0.39 is 17.5 Å². The topological polar surface area (TPSA) is 60.5 Å². The summed E-state index contributed by atoms with van der Waals surface area (Å²) in [5.74, 6) is -0.543. The lowest BCUT2D eigenvalue weighted by Crippen LogP contribution is -2.20. The van der Waals surface area contributed by atoms with Crippen molar-refractivity contribution in [2.75, 3.05) is 11.9 Å². The van der Waals surface area contributed by atoms with Gasteiger partial charge in [-0.3, -0.25) is 4.79 Å². The first-order chi connectivity index (χ1) is 12.6. The molecule has 2 aromatic carbocycles. The third-order valence-electron chi connectivity index (χ3n) is 3.26. The number of halogens is 2. The first-order valence-corrected chi connectivity index (χ1v) is 7.67. The van der Waals surface area contributed by atoms with E-state index in [2.05, 4.69) is 10.3 Å². The zero-order valence-electron chi connectivity index (χ0n) is 13.5. The summed E-state index contributed by atoms with van der Waals surface area (Å²) in [7, 11) is 0. The van der Waals surface area contributed by atoms with Gasteiger partial charge in [0.15, 0.2) is 6.61 Å². The summed E-state index contributed by atoms with van der Waals surface area (Å²) < 4.78 is 37.4. The molecule has 3 aromatic rings. The number of nitrogens with zero attached hydrogens (tertiary/aromatic N) is 1. The second-order valence-corrected chi connectivity index (χ2v) is 5.20. The Kier molecular flexibility index (Phi) is 5.38. The monoisotopic (exact) mass is 356 g/mol. The molecule has 0 saturated carbocycles. The van der Waals surface area contributed by atoms with Gasteiger partial charge in [0.25, 0.3) is 5.91 Å². The van der Waals surface area contributed by atoms with Crippen molar-refractivity contribution in [1.29, 1.82) is 0 Å². The number of anilines is 1. The molecule has 5 nitrogen and oxygen atoms in total. The number of amides is 1. The predicted octanol–water partition coefficient (Wildman–Crippen LogP) is 4.17. The fourth-order valence-corrected chi connectivity index (χ4v) is 2.06. The van der Waals surface area contributed by atoms with Crippen LogP contribution in [0, 0.1) is 11.6 Å². The maximum atomic E-state index is 13.5. The summed E-state index contributed by atoms with van der Waals surface area (Å²) in [6, 6.07) is 14.7. The molecular weight excluding hydrogens is 342 g/mol. The molecule has 0 aliphatic carbocycles. The van der Waals surface area contributed by atoms with E-state index >= 15 is 0 Å². The lowest BCUT2D eigenvalue weighted by molar-refractivity contribution is -0.118. The number of aromatic nitrogens is 1. The maximum Gasteiger partial charge on any atom is 0.262 e. The van der Waals surface area contributed by atoms with Crippen molar-refractivity contribution in [3.8, 4) is 17.4 Å². The highest BCUT2D eigenvalue weighted by Gasteiger charge is 2.09. The third kappa shape index (κ3) is 4.76. The Morgan fingerprint density at radius 3 is 2.50 bits per heavy atom. The zero-order valence-corrected chi connectivity index (χ0v) is 13.5. The van der Waals surface area contributed by atoms with E-state index in [-0.39, 0.29) is 12.3 Å². The van der Waals surface area contributed by atoms with Gasteiger partial charge in [0.1, 0.15) is 23.1 Å². The van der Waals surface area contributed by atoms with Gasteiger partial charge in [0.2, 0.25) is 5.88 Å². The van der Waals surface area contributed by atoms with Gasteiger partial charge >= 0.3 is 0 Å². The van der Waals surface area contributed by atoms with Crippen LogP contribution in [0.1, 0.15) is 0 Å². The standard InChI is InChI=1S/C19H14F2N2O3/c20-13-4-9-16(21)17(11-13)23-18(24)12-25-14-5-7-15(8-6-14)26-19-3-1-2-10-22-19/h1-11H,12H2,(H,23,24). The van der Waals surface area contributed by atoms with Crippen LogP contribution < -0.4 is 14.8 Å². The second-order valence-electron chi connectivity index (χ2n) is 5.20. The minimum Gasteiger partial charge on any atom is -0.484 e. The average Bonchev–Trinajstić information content (AvgIpc) is 2.65. The third-order valence-corrected chi connectivity index (χ3v) is 3.26. The quantitative estimate of drug-likeness (QED) is 0.720. The highest BCUT2D eigenvalue weighted by molar-refractivity contribution is 5.92. The molecule has 1 amide bonds. The lowest BCUT2D eigenvalue weighted by Gasteiger charge is -2.09. The molecule has 0 aliphatic heterocycles. The first-order valence-electron chi connectivity index (χ1n) is 7.67. The Hall–Kier alpha value is -3.48. The van der Waals surface area contributed by atoms with Crippen LogP contribution in [0.5, 0.6) is 17.4 Å². The van der Waals surface area contributed by atoms with Crippen LogP contribution >= 0.6 is 0 Å².